The van der Waals surface area contributed by atoms with Crippen LogP contribution >= 0.6 is 0 Å². The molecular formula is C33H62N4O7. The number of nitrogens with zero attached hydrogens (tertiary/aromatic N) is 4. The van der Waals surface area contributed by atoms with Gasteiger partial charge in [0.2, 0.25) is 0 Å². The Bertz CT molecular complexity index is 943. The first-order chi connectivity index (χ1) is 20.5. The molecule has 0 bridgehead atoms. The van der Waals surface area contributed by atoms with Gasteiger partial charge in [-0.3, -0.25) is 19.4 Å². The van der Waals surface area contributed by atoms with E-state index in [2.05, 4.69) is 35.6 Å². The number of ether oxygens (including phenoxy) is 4. The van der Waals surface area contributed by atoms with Crippen molar-refractivity contribution in [2.45, 2.75) is 104 Å². The van der Waals surface area contributed by atoms with Crippen LogP contribution in [0, 0.1) is 17.3 Å². The molecule has 0 unspecified atom stereocenters. The van der Waals surface area contributed by atoms with Gasteiger partial charge >= 0.3 is 5.97 Å². The molecule has 0 aliphatic carbocycles. The maximum absolute atomic E-state index is 14.2. The molecule has 3 fully saturated rings. The fourth-order valence-electron chi connectivity index (χ4n) is 7.36. The van der Waals surface area contributed by atoms with Gasteiger partial charge in [0, 0.05) is 58.3 Å². The highest BCUT2D eigenvalue weighted by molar-refractivity contribution is 6.04. The number of piperazine rings is 1. The number of ketones is 1. The summed E-state index contributed by atoms with van der Waals surface area (Å²) in [5, 5.41) is 11.3. The summed E-state index contributed by atoms with van der Waals surface area (Å²) >= 11 is 0. The highest BCUT2D eigenvalue weighted by Gasteiger charge is 2.51. The molecule has 0 spiro atoms. The summed E-state index contributed by atoms with van der Waals surface area (Å²) in [6.45, 7) is 19.9. The lowest BCUT2D eigenvalue weighted by Crippen LogP contribution is -2.59. The first kappa shape index (κ1) is 37.3. The van der Waals surface area contributed by atoms with Gasteiger partial charge in [0.1, 0.15) is 18.1 Å². The highest BCUT2D eigenvalue weighted by atomic mass is 16.7. The minimum Gasteiger partial charge on any atom is -0.463 e. The number of cyclic esters (lactones) is 1. The summed E-state index contributed by atoms with van der Waals surface area (Å²) in [5.41, 5.74) is -2.32. The van der Waals surface area contributed by atoms with E-state index in [1.807, 2.05) is 32.8 Å². The maximum atomic E-state index is 14.2. The van der Waals surface area contributed by atoms with Gasteiger partial charge in [0.05, 0.1) is 23.9 Å². The molecule has 1 N–H and O–H groups in total. The van der Waals surface area contributed by atoms with Crippen molar-refractivity contribution in [3.63, 3.8) is 0 Å². The van der Waals surface area contributed by atoms with Crippen molar-refractivity contribution in [1.29, 1.82) is 0 Å². The van der Waals surface area contributed by atoms with Crippen LogP contribution in [0.2, 0.25) is 0 Å². The van der Waals surface area contributed by atoms with Crippen molar-refractivity contribution in [1.82, 2.24) is 19.6 Å². The maximum Gasteiger partial charge on any atom is 0.319 e. The fraction of sp³-hybridized carbons (Fsp3) is 0.939. The van der Waals surface area contributed by atoms with E-state index in [9.17, 15) is 14.7 Å². The zero-order valence-electron chi connectivity index (χ0n) is 29.4. The lowest BCUT2D eigenvalue weighted by molar-refractivity contribution is -0.295. The van der Waals surface area contributed by atoms with E-state index in [1.54, 1.807) is 27.9 Å². The first-order valence-electron chi connectivity index (χ1n) is 16.6. The van der Waals surface area contributed by atoms with Gasteiger partial charge < -0.3 is 33.9 Å². The normalized spacial score (nSPS) is 39.4. The van der Waals surface area contributed by atoms with Crippen LogP contribution in [0.15, 0.2) is 0 Å². The Hall–Kier alpha value is -1.18. The number of esters is 1. The van der Waals surface area contributed by atoms with Crippen LogP contribution in [0.25, 0.3) is 0 Å². The van der Waals surface area contributed by atoms with Gasteiger partial charge in [0.25, 0.3) is 0 Å². The Labute approximate surface area is 266 Å². The fourth-order valence-corrected chi connectivity index (χ4v) is 7.36. The molecule has 3 saturated heterocycles. The van der Waals surface area contributed by atoms with Crippen molar-refractivity contribution >= 4 is 11.8 Å². The Morgan fingerprint density at radius 2 is 1.70 bits per heavy atom. The smallest absolute Gasteiger partial charge is 0.319 e. The number of hydrogen-bond acceptors (Lipinski definition) is 11. The second kappa shape index (κ2) is 15.6. The summed E-state index contributed by atoms with van der Waals surface area (Å²) in [4.78, 5) is 37.0. The zero-order valence-corrected chi connectivity index (χ0v) is 29.4. The van der Waals surface area contributed by atoms with Crippen molar-refractivity contribution in [3.8, 4) is 0 Å². The van der Waals surface area contributed by atoms with Gasteiger partial charge in [0.15, 0.2) is 12.1 Å². The summed E-state index contributed by atoms with van der Waals surface area (Å²) in [6, 6.07) is -0.172. The van der Waals surface area contributed by atoms with Gasteiger partial charge in [-0.05, 0) is 74.1 Å². The summed E-state index contributed by atoms with van der Waals surface area (Å²) in [5.74, 6) is -1.40. The Morgan fingerprint density at radius 3 is 2.27 bits per heavy atom. The second-order valence-corrected chi connectivity index (χ2v) is 14.7. The number of likely N-dealkylation sites (N-methyl/N-ethyl adjacent to an activating group) is 3. The molecule has 0 aromatic rings. The van der Waals surface area contributed by atoms with Crippen molar-refractivity contribution in [2.24, 2.45) is 17.3 Å². The van der Waals surface area contributed by atoms with Crippen LogP contribution in [-0.2, 0) is 28.5 Å². The molecule has 256 valence electrons. The third kappa shape index (κ3) is 8.79. The minimum absolute atomic E-state index is 0.00465. The lowest BCUT2D eigenvalue weighted by atomic mass is 9.74. The number of Topliss-reactive ketones (excluding diaryl/α,β-unsaturated/α-hetero) is 1. The number of aliphatic hydroxyl groups excluding tert-OH is 1. The molecule has 11 nitrogen and oxygen atoms in total. The Balaban J connectivity index is 1.97. The van der Waals surface area contributed by atoms with Crippen LogP contribution in [0.5, 0.6) is 0 Å². The van der Waals surface area contributed by atoms with E-state index >= 15 is 0 Å². The minimum atomic E-state index is -1.41. The van der Waals surface area contributed by atoms with E-state index < -0.39 is 41.4 Å². The average molecular weight is 627 g/mol. The quantitative estimate of drug-likeness (QED) is 0.331. The van der Waals surface area contributed by atoms with E-state index in [0.717, 1.165) is 45.8 Å². The highest BCUT2D eigenvalue weighted by Crippen LogP contribution is 2.38. The Morgan fingerprint density at radius 1 is 1.07 bits per heavy atom. The molecule has 3 aliphatic heterocycles. The number of hydrogen-bond donors (Lipinski definition) is 1. The number of carbonyl (C=O) groups excluding carboxylic acids is 2. The number of aliphatic hydroxyl groups is 1. The van der Waals surface area contributed by atoms with Crippen molar-refractivity contribution < 1.29 is 33.6 Å². The van der Waals surface area contributed by atoms with Crippen molar-refractivity contribution in [2.75, 3.05) is 80.7 Å². The molecular weight excluding hydrogens is 564 g/mol. The third-order valence-electron chi connectivity index (χ3n) is 10.3. The summed E-state index contributed by atoms with van der Waals surface area (Å²) < 4.78 is 25.0. The van der Waals surface area contributed by atoms with E-state index in [-0.39, 0.29) is 36.5 Å². The van der Waals surface area contributed by atoms with Gasteiger partial charge in [-0.25, -0.2) is 0 Å². The summed E-state index contributed by atoms with van der Waals surface area (Å²) in [6.07, 6.45) is -1.55. The molecule has 0 amide bonds. The lowest BCUT2D eigenvalue weighted by Gasteiger charge is -2.47. The first-order valence-corrected chi connectivity index (χ1v) is 16.6. The van der Waals surface area contributed by atoms with Crippen LogP contribution in [0.1, 0.15) is 61.3 Å². The number of rotatable bonds is 7. The van der Waals surface area contributed by atoms with Crippen molar-refractivity contribution in [3.05, 3.63) is 0 Å². The molecule has 3 rings (SSSR count). The van der Waals surface area contributed by atoms with Gasteiger partial charge in [-0.15, -0.1) is 0 Å². The SMILES string of the molecule is CCN1C[C@H](C)C[C@@](C)(OC)[C@H](O[C@@H]2O[C@H](C)C[C@H](N(C)C)[C@H]2O)[C@@H](C)C(=O)C(C)(C)C(=O)OC[C@H]1CN1CCN(C)CC1. The second-order valence-electron chi connectivity index (χ2n) is 14.7. The monoisotopic (exact) mass is 626 g/mol. The largest absolute Gasteiger partial charge is 0.463 e. The van der Waals surface area contributed by atoms with Gasteiger partial charge in [-0.1, -0.05) is 20.8 Å². The molecule has 0 saturated carbocycles. The van der Waals surface area contributed by atoms with Crippen LogP contribution < -0.4 is 0 Å². The molecule has 9 atom stereocenters. The molecule has 44 heavy (non-hydrogen) atoms. The summed E-state index contributed by atoms with van der Waals surface area (Å²) in [7, 11) is 7.65. The zero-order chi connectivity index (χ0) is 33.0. The van der Waals surface area contributed by atoms with E-state index in [4.69, 9.17) is 18.9 Å². The number of carbonyl (C=O) groups is 2. The molecule has 3 heterocycles. The number of methoxy groups -OCH3 is 1. The van der Waals surface area contributed by atoms with E-state index in [0.29, 0.717) is 12.8 Å². The molecule has 11 heteroatoms. The molecule has 0 aromatic carbocycles. The molecule has 3 aliphatic rings. The molecule has 0 aromatic heterocycles. The van der Waals surface area contributed by atoms with E-state index in [1.165, 1.54) is 0 Å². The predicted molar refractivity (Wildman–Crippen MR) is 170 cm³/mol. The van der Waals surface area contributed by atoms with Crippen LogP contribution in [-0.4, -0.2) is 159 Å². The topological polar surface area (TPSA) is 104 Å². The average Bonchev–Trinajstić information content (AvgIpc) is 2.97. The van der Waals surface area contributed by atoms with Crippen LogP contribution in [0.3, 0.4) is 0 Å². The Kier molecular flexibility index (Phi) is 13.2. The predicted octanol–water partition coefficient (Wildman–Crippen LogP) is 1.96. The third-order valence-corrected chi connectivity index (χ3v) is 10.3. The van der Waals surface area contributed by atoms with Gasteiger partial charge in [-0.2, -0.15) is 0 Å². The van der Waals surface area contributed by atoms with Crippen LogP contribution in [0.4, 0.5) is 0 Å². The molecule has 0 radical (unpaired) electrons. The standard InChI is InChI=1S/C33H62N4O7/c1-12-37-19-22(2)18-33(7,41-11)29(44-30-27(38)26(34(8)9)17-23(3)43-30)24(4)28(39)32(5,6)31(40)42-21-25(37)20-36-15-13-35(10)14-16-36/h22-27,29-30,38H,12-21H2,1-11H3/t22-,23-,24+,25-,26+,27-,29-,30+,33-/m1/s1.